The standard InChI is InChI=1S/C39H13B10N3OS/c40-26-24(27(41)31(45)34(48)30(26)44)38-50-37(51-39(52-38)25-28(42)32(46)35(49)33(47)29(25)43)18-10-5-12-20-23(18)22-15(7-4-11-19(22)53-20)17-9-3-8-16-14-6-1-2-13-21(14)54-36(16)17/h1-13H. The maximum atomic E-state index is 6.54. The number of hydrogen-bond acceptors (Lipinski definition) is 5. The van der Waals surface area contributed by atoms with Crippen LogP contribution in [0.3, 0.4) is 0 Å². The highest BCUT2D eigenvalue weighted by atomic mass is 32.1. The number of aromatic nitrogens is 3. The third-order valence-corrected chi connectivity index (χ3v) is 11.2. The summed E-state index contributed by atoms with van der Waals surface area (Å²) < 4.78 is 8.85. The lowest BCUT2D eigenvalue weighted by Crippen LogP contribution is -2.55. The van der Waals surface area contributed by atoms with Crippen LogP contribution in [0.15, 0.2) is 83.3 Å². The van der Waals surface area contributed by atoms with Gasteiger partial charge < -0.3 is 4.42 Å². The molecule has 0 saturated carbocycles. The molecule has 226 valence electrons. The van der Waals surface area contributed by atoms with Gasteiger partial charge in [0.2, 0.25) is 0 Å². The van der Waals surface area contributed by atoms with E-state index in [2.05, 4.69) is 42.5 Å². The third kappa shape index (κ3) is 5.07. The maximum Gasteiger partial charge on any atom is 0.164 e. The fourth-order valence-electron chi connectivity index (χ4n) is 7.14. The van der Waals surface area contributed by atoms with Gasteiger partial charge in [0.05, 0.1) is 0 Å². The fourth-order valence-corrected chi connectivity index (χ4v) is 8.37. The van der Waals surface area contributed by atoms with Crippen LogP contribution in [0.1, 0.15) is 0 Å². The van der Waals surface area contributed by atoms with Crippen molar-refractivity contribution in [3.05, 3.63) is 78.9 Å². The van der Waals surface area contributed by atoms with E-state index in [-0.39, 0.29) is 83.2 Å². The van der Waals surface area contributed by atoms with E-state index in [0.717, 1.165) is 26.6 Å². The summed E-state index contributed by atoms with van der Waals surface area (Å²) in [7, 11) is 63.6. The minimum absolute atomic E-state index is 0.0104. The van der Waals surface area contributed by atoms with E-state index in [1.54, 1.807) is 11.3 Å². The van der Waals surface area contributed by atoms with Crippen LogP contribution in [0.2, 0.25) is 0 Å². The number of benzene rings is 6. The molecule has 0 bridgehead atoms. The van der Waals surface area contributed by atoms with Crippen molar-refractivity contribution in [2.45, 2.75) is 0 Å². The molecule has 0 spiro atoms. The van der Waals surface area contributed by atoms with Crippen molar-refractivity contribution in [2.75, 3.05) is 0 Å². The van der Waals surface area contributed by atoms with Crippen molar-refractivity contribution < 1.29 is 4.42 Å². The molecule has 0 aliphatic heterocycles. The molecule has 0 aliphatic rings. The molecule has 0 fully saturated rings. The van der Waals surface area contributed by atoms with Crippen molar-refractivity contribution in [3.8, 4) is 45.3 Å². The Labute approximate surface area is 328 Å². The van der Waals surface area contributed by atoms with Crippen LogP contribution in [0.25, 0.3) is 87.4 Å². The highest BCUT2D eigenvalue weighted by Crippen LogP contribution is 2.45. The second kappa shape index (κ2) is 12.8. The number of fused-ring (bicyclic) bond motifs is 6. The summed E-state index contributed by atoms with van der Waals surface area (Å²) in [6, 6.07) is 26.3. The van der Waals surface area contributed by atoms with Gasteiger partial charge in [-0.2, -0.15) is 0 Å². The Morgan fingerprint density at radius 3 is 1.39 bits per heavy atom. The van der Waals surface area contributed by atoms with E-state index >= 15 is 0 Å². The Morgan fingerprint density at radius 1 is 0.389 bits per heavy atom. The van der Waals surface area contributed by atoms with Crippen molar-refractivity contribution in [1.29, 1.82) is 0 Å². The molecule has 0 N–H and O–H groups in total. The average molecular weight is 680 g/mol. The maximum absolute atomic E-state index is 6.54. The lowest BCUT2D eigenvalue weighted by molar-refractivity contribution is 0.669. The summed E-state index contributed by atoms with van der Waals surface area (Å²) in [5.41, 5.74) is 4.36. The molecule has 9 aromatic rings. The van der Waals surface area contributed by atoms with Gasteiger partial charge in [0.25, 0.3) is 0 Å². The largest absolute Gasteiger partial charge is 0.456 e. The van der Waals surface area contributed by atoms with Gasteiger partial charge in [-0.25, -0.2) is 15.0 Å². The fraction of sp³-hybridized carbons (Fsp3) is 0. The molecular formula is C39H13B10N3OS. The molecule has 15 heteroatoms. The zero-order chi connectivity index (χ0) is 37.7. The molecule has 0 amide bonds. The van der Waals surface area contributed by atoms with Gasteiger partial charge in [-0.05, 0) is 23.8 Å². The highest BCUT2D eigenvalue weighted by Gasteiger charge is 2.24. The summed E-state index contributed by atoms with van der Waals surface area (Å²) in [5.74, 6) is 0.214. The molecule has 0 aliphatic carbocycles. The monoisotopic (exact) mass is 681 g/mol. The summed E-state index contributed by atoms with van der Waals surface area (Å²) in [6.07, 6.45) is 0. The predicted octanol–water partition coefficient (Wildman–Crippen LogP) is -1.26. The number of hydrogen-bond donors (Lipinski definition) is 0. The Balaban J connectivity index is 1.39. The van der Waals surface area contributed by atoms with Crippen molar-refractivity contribution in [1.82, 2.24) is 15.0 Å². The molecular weight excluding hydrogens is 667 g/mol. The van der Waals surface area contributed by atoms with Crippen molar-refractivity contribution in [3.63, 3.8) is 0 Å². The second-order valence-corrected chi connectivity index (χ2v) is 14.0. The normalized spacial score (nSPS) is 11.7. The summed E-state index contributed by atoms with van der Waals surface area (Å²) in [6.45, 7) is 0. The molecule has 3 aromatic heterocycles. The SMILES string of the molecule is [B]c1c([B])c([B])c(-c2nc(-c3c([B])c([B])c([B])c([B])c3[B])nc(-c3cccc4oc5cccc(-c6cccc7c6sc6ccccc67)c5c34)n2)c([B])c1[B]. The Hall–Kier alpha value is -5.00. The zero-order valence-electron chi connectivity index (χ0n) is 28.4. The Morgan fingerprint density at radius 2 is 0.815 bits per heavy atom. The highest BCUT2D eigenvalue weighted by molar-refractivity contribution is 7.26. The molecule has 54 heavy (non-hydrogen) atoms. The Kier molecular flexibility index (Phi) is 8.24. The summed E-state index contributed by atoms with van der Waals surface area (Å²) >= 11 is 1.74. The predicted molar refractivity (Wildman–Crippen MR) is 236 cm³/mol. The van der Waals surface area contributed by atoms with E-state index in [1.165, 1.54) is 15.5 Å². The molecule has 4 nitrogen and oxygen atoms in total. The average Bonchev–Trinajstić information content (AvgIpc) is 3.77. The minimum atomic E-state index is 0.0104. The van der Waals surface area contributed by atoms with E-state index in [1.807, 2.05) is 36.4 Å². The number of furan rings is 1. The second-order valence-electron chi connectivity index (χ2n) is 12.9. The van der Waals surface area contributed by atoms with Crippen LogP contribution in [0, 0.1) is 0 Å². The van der Waals surface area contributed by atoms with Gasteiger partial charge in [-0.3, -0.25) is 0 Å². The van der Waals surface area contributed by atoms with Gasteiger partial charge in [-0.1, -0.05) is 82.5 Å². The minimum Gasteiger partial charge on any atom is -0.456 e. The quantitative estimate of drug-likeness (QED) is 0.219. The molecule has 0 atom stereocenters. The van der Waals surface area contributed by atoms with Crippen LogP contribution in [0.4, 0.5) is 0 Å². The van der Waals surface area contributed by atoms with Crippen molar-refractivity contribution >= 4 is 187 Å². The lowest BCUT2D eigenvalue weighted by atomic mass is 9.60. The first kappa shape index (κ1) is 34.7. The summed E-state index contributed by atoms with van der Waals surface area (Å²) in [4.78, 5) is 14.6. The van der Waals surface area contributed by atoms with Gasteiger partial charge in [0.1, 0.15) is 89.6 Å². The molecule has 0 unspecified atom stereocenters. The van der Waals surface area contributed by atoms with Crippen LogP contribution in [0.5, 0.6) is 0 Å². The lowest BCUT2D eigenvalue weighted by Gasteiger charge is -2.23. The van der Waals surface area contributed by atoms with Crippen LogP contribution in [-0.4, -0.2) is 93.4 Å². The summed E-state index contributed by atoms with van der Waals surface area (Å²) in [5, 5.41) is 3.97. The topological polar surface area (TPSA) is 51.8 Å². The molecule has 3 heterocycles. The van der Waals surface area contributed by atoms with E-state index in [9.17, 15) is 0 Å². The molecule has 0 saturated heterocycles. The van der Waals surface area contributed by atoms with Crippen LogP contribution < -0.4 is 54.6 Å². The van der Waals surface area contributed by atoms with Crippen LogP contribution >= 0.6 is 11.3 Å². The first-order valence-electron chi connectivity index (χ1n) is 16.6. The first-order chi connectivity index (χ1) is 26.0. The zero-order valence-corrected chi connectivity index (χ0v) is 29.3. The smallest absolute Gasteiger partial charge is 0.164 e. The van der Waals surface area contributed by atoms with Gasteiger partial charge in [0, 0.05) is 53.2 Å². The van der Waals surface area contributed by atoms with Gasteiger partial charge in [0.15, 0.2) is 17.5 Å². The first-order valence-corrected chi connectivity index (χ1v) is 17.4. The number of rotatable bonds is 4. The van der Waals surface area contributed by atoms with E-state index < -0.39 is 0 Å². The van der Waals surface area contributed by atoms with E-state index in [4.69, 9.17) is 97.8 Å². The Bertz CT molecular complexity index is 2940. The molecule has 6 aromatic carbocycles. The van der Waals surface area contributed by atoms with Crippen LogP contribution in [-0.2, 0) is 0 Å². The van der Waals surface area contributed by atoms with E-state index in [0.29, 0.717) is 16.7 Å². The molecule has 9 rings (SSSR count). The van der Waals surface area contributed by atoms with Gasteiger partial charge >= 0.3 is 0 Å². The molecule has 20 radical (unpaired) electrons. The van der Waals surface area contributed by atoms with Gasteiger partial charge in [-0.15, -0.1) is 44.1 Å². The number of thiophene rings is 1. The van der Waals surface area contributed by atoms with Crippen molar-refractivity contribution in [2.24, 2.45) is 0 Å². The number of nitrogens with zero attached hydrogens (tertiary/aromatic N) is 3. The third-order valence-electron chi connectivity index (χ3n) is 9.94.